The van der Waals surface area contributed by atoms with Crippen molar-refractivity contribution in [3.05, 3.63) is 35.9 Å². The van der Waals surface area contributed by atoms with Gasteiger partial charge < -0.3 is 10.6 Å². The molecular formula is C18H25N3O2. The molecule has 2 aliphatic heterocycles. The van der Waals surface area contributed by atoms with E-state index in [1.807, 2.05) is 37.3 Å². The van der Waals surface area contributed by atoms with Crippen LogP contribution in [0.2, 0.25) is 0 Å². The second-order valence-electron chi connectivity index (χ2n) is 6.62. The first kappa shape index (κ1) is 16.0. The van der Waals surface area contributed by atoms with Crippen molar-refractivity contribution < 1.29 is 9.59 Å². The molecule has 3 rings (SSSR count). The largest absolute Gasteiger partial charge is 0.354 e. The highest BCUT2D eigenvalue weighted by Crippen LogP contribution is 2.26. The number of benzene rings is 1. The fourth-order valence-corrected chi connectivity index (χ4v) is 3.71. The number of nitrogens with zero attached hydrogens (tertiary/aromatic N) is 1. The minimum Gasteiger partial charge on any atom is -0.354 e. The molecule has 2 bridgehead atoms. The van der Waals surface area contributed by atoms with Gasteiger partial charge in [-0.3, -0.25) is 14.5 Å². The summed E-state index contributed by atoms with van der Waals surface area (Å²) in [4.78, 5) is 26.5. The van der Waals surface area contributed by atoms with E-state index in [9.17, 15) is 9.59 Å². The summed E-state index contributed by atoms with van der Waals surface area (Å²) >= 11 is 0. The molecule has 0 saturated carbocycles. The Kier molecular flexibility index (Phi) is 4.96. The molecule has 1 aromatic rings. The summed E-state index contributed by atoms with van der Waals surface area (Å²) < 4.78 is 0. The molecule has 0 aromatic heterocycles. The summed E-state index contributed by atoms with van der Waals surface area (Å²) in [5, 5.41) is 6.05. The number of piperidine rings is 1. The van der Waals surface area contributed by atoms with Gasteiger partial charge in [0.15, 0.2) is 0 Å². The normalized spacial score (nSPS) is 26.0. The van der Waals surface area contributed by atoms with Crippen LogP contribution in [-0.2, 0) is 9.59 Å². The maximum absolute atomic E-state index is 12.5. The third-order valence-corrected chi connectivity index (χ3v) is 4.97. The third kappa shape index (κ3) is 3.91. The van der Waals surface area contributed by atoms with E-state index in [2.05, 4.69) is 15.5 Å². The van der Waals surface area contributed by atoms with Gasteiger partial charge in [-0.25, -0.2) is 0 Å². The Labute approximate surface area is 137 Å². The van der Waals surface area contributed by atoms with Gasteiger partial charge in [-0.1, -0.05) is 36.8 Å². The monoisotopic (exact) mass is 315 g/mol. The highest BCUT2D eigenvalue weighted by molar-refractivity contribution is 5.79. The van der Waals surface area contributed by atoms with E-state index in [0.29, 0.717) is 19.5 Å². The average molecular weight is 315 g/mol. The third-order valence-electron chi connectivity index (χ3n) is 4.97. The molecule has 124 valence electrons. The van der Waals surface area contributed by atoms with E-state index in [1.54, 1.807) is 0 Å². The van der Waals surface area contributed by atoms with Gasteiger partial charge in [0, 0.05) is 25.0 Å². The van der Waals surface area contributed by atoms with Crippen LogP contribution in [0.3, 0.4) is 0 Å². The van der Waals surface area contributed by atoms with Crippen LogP contribution in [-0.4, -0.2) is 41.9 Å². The molecule has 2 fully saturated rings. The zero-order valence-corrected chi connectivity index (χ0v) is 13.6. The van der Waals surface area contributed by atoms with Crippen LogP contribution in [0.1, 0.15) is 44.2 Å². The first-order valence-electron chi connectivity index (χ1n) is 8.50. The maximum Gasteiger partial charge on any atom is 0.234 e. The second-order valence-corrected chi connectivity index (χ2v) is 6.62. The zero-order valence-electron chi connectivity index (χ0n) is 13.6. The SMILES string of the molecule is CC(NC(=O)CN1C2CCCC1CC(=O)NC2)c1ccccc1. The van der Waals surface area contributed by atoms with Gasteiger partial charge in [0.2, 0.25) is 11.8 Å². The quantitative estimate of drug-likeness (QED) is 0.887. The molecule has 3 atom stereocenters. The van der Waals surface area contributed by atoms with Crippen LogP contribution >= 0.6 is 0 Å². The molecule has 23 heavy (non-hydrogen) atoms. The molecule has 0 radical (unpaired) electrons. The van der Waals surface area contributed by atoms with Crippen molar-refractivity contribution >= 4 is 11.8 Å². The topological polar surface area (TPSA) is 61.4 Å². The molecule has 0 aliphatic carbocycles. The van der Waals surface area contributed by atoms with Crippen LogP contribution in [0.25, 0.3) is 0 Å². The Hall–Kier alpha value is -1.88. The van der Waals surface area contributed by atoms with Crippen molar-refractivity contribution in [3.63, 3.8) is 0 Å². The lowest BCUT2D eigenvalue weighted by Gasteiger charge is -2.39. The lowest BCUT2D eigenvalue weighted by molar-refractivity contribution is -0.126. The summed E-state index contributed by atoms with van der Waals surface area (Å²) in [5.74, 6) is 0.148. The van der Waals surface area contributed by atoms with Crippen molar-refractivity contribution in [1.82, 2.24) is 15.5 Å². The molecule has 0 spiro atoms. The predicted molar refractivity (Wildman–Crippen MR) is 88.8 cm³/mol. The summed E-state index contributed by atoms with van der Waals surface area (Å²) in [6.45, 7) is 3.04. The lowest BCUT2D eigenvalue weighted by Crippen LogP contribution is -2.51. The smallest absolute Gasteiger partial charge is 0.234 e. The number of amides is 2. The summed E-state index contributed by atoms with van der Waals surface area (Å²) in [6, 6.07) is 10.5. The van der Waals surface area contributed by atoms with Crippen molar-refractivity contribution in [2.75, 3.05) is 13.1 Å². The van der Waals surface area contributed by atoms with Gasteiger partial charge >= 0.3 is 0 Å². The fourth-order valence-electron chi connectivity index (χ4n) is 3.71. The number of carbonyl (C=O) groups is 2. The van der Waals surface area contributed by atoms with Gasteiger partial charge in [-0.05, 0) is 25.3 Å². The number of hydrogen-bond donors (Lipinski definition) is 2. The molecule has 1 aromatic carbocycles. The Bertz CT molecular complexity index is 561. The predicted octanol–water partition coefficient (Wildman–Crippen LogP) is 1.61. The number of fused-ring (bicyclic) bond motifs is 2. The van der Waals surface area contributed by atoms with Crippen molar-refractivity contribution in [2.45, 2.75) is 50.7 Å². The van der Waals surface area contributed by atoms with Crippen LogP contribution in [0.5, 0.6) is 0 Å². The number of carbonyl (C=O) groups excluding carboxylic acids is 2. The molecule has 2 aliphatic rings. The highest BCUT2D eigenvalue weighted by Gasteiger charge is 2.35. The van der Waals surface area contributed by atoms with Gasteiger partial charge in [0.1, 0.15) is 0 Å². The van der Waals surface area contributed by atoms with Crippen molar-refractivity contribution in [3.8, 4) is 0 Å². The van der Waals surface area contributed by atoms with E-state index in [1.165, 1.54) is 0 Å². The molecule has 2 N–H and O–H groups in total. The van der Waals surface area contributed by atoms with Crippen molar-refractivity contribution in [2.24, 2.45) is 0 Å². The van der Waals surface area contributed by atoms with Crippen LogP contribution in [0, 0.1) is 0 Å². The highest BCUT2D eigenvalue weighted by atomic mass is 16.2. The molecule has 2 saturated heterocycles. The number of rotatable bonds is 4. The molecular weight excluding hydrogens is 290 g/mol. The Morgan fingerprint density at radius 2 is 2.04 bits per heavy atom. The van der Waals surface area contributed by atoms with E-state index in [-0.39, 0.29) is 29.9 Å². The van der Waals surface area contributed by atoms with E-state index >= 15 is 0 Å². The molecule has 2 amide bonds. The van der Waals surface area contributed by atoms with E-state index in [4.69, 9.17) is 0 Å². The molecule has 3 unspecified atom stereocenters. The van der Waals surface area contributed by atoms with Gasteiger partial charge in [-0.15, -0.1) is 0 Å². The van der Waals surface area contributed by atoms with Crippen LogP contribution < -0.4 is 10.6 Å². The number of nitrogens with one attached hydrogen (secondary N) is 2. The standard InChI is InChI=1S/C18H25N3O2/c1-13(14-6-3-2-4-7-14)20-18(23)12-21-15-8-5-9-16(21)11-19-17(22)10-15/h2-4,6-7,13,15-16H,5,8-12H2,1H3,(H,19,22)(H,20,23). The molecule has 5 nitrogen and oxygen atoms in total. The second kappa shape index (κ2) is 7.13. The van der Waals surface area contributed by atoms with Crippen molar-refractivity contribution in [1.29, 1.82) is 0 Å². The van der Waals surface area contributed by atoms with Gasteiger partial charge in [-0.2, -0.15) is 0 Å². The summed E-state index contributed by atoms with van der Waals surface area (Å²) in [6.07, 6.45) is 3.71. The summed E-state index contributed by atoms with van der Waals surface area (Å²) in [5.41, 5.74) is 1.11. The lowest BCUT2D eigenvalue weighted by atomic mass is 9.94. The van der Waals surface area contributed by atoms with Crippen LogP contribution in [0.15, 0.2) is 30.3 Å². The van der Waals surface area contributed by atoms with E-state index < -0.39 is 0 Å². The minimum absolute atomic E-state index is 0.00437. The minimum atomic E-state index is -0.00437. The Morgan fingerprint density at radius 3 is 2.83 bits per heavy atom. The fraction of sp³-hybridized carbons (Fsp3) is 0.556. The first-order chi connectivity index (χ1) is 11.1. The average Bonchev–Trinajstić information content (AvgIpc) is 2.63. The first-order valence-corrected chi connectivity index (χ1v) is 8.50. The maximum atomic E-state index is 12.5. The Morgan fingerprint density at radius 1 is 1.30 bits per heavy atom. The zero-order chi connectivity index (χ0) is 16.2. The van der Waals surface area contributed by atoms with Gasteiger partial charge in [0.25, 0.3) is 0 Å². The van der Waals surface area contributed by atoms with E-state index in [0.717, 1.165) is 24.8 Å². The Balaban J connectivity index is 1.61. The van der Waals surface area contributed by atoms with Gasteiger partial charge in [0.05, 0.1) is 12.6 Å². The van der Waals surface area contributed by atoms with Crippen LogP contribution in [0.4, 0.5) is 0 Å². The summed E-state index contributed by atoms with van der Waals surface area (Å²) in [7, 11) is 0. The molecule has 5 heteroatoms. The number of hydrogen-bond acceptors (Lipinski definition) is 3. The molecule has 2 heterocycles.